The molecule has 0 fully saturated rings. The maximum Gasteiger partial charge on any atom is 0.406 e. The van der Waals surface area contributed by atoms with E-state index >= 15 is 0 Å². The fourth-order valence-corrected chi connectivity index (χ4v) is 1.58. The molecule has 0 aromatic carbocycles. The van der Waals surface area contributed by atoms with Gasteiger partial charge in [0.2, 0.25) is 0 Å². The quantitative estimate of drug-likeness (QED) is 0.919. The van der Waals surface area contributed by atoms with E-state index in [-0.39, 0.29) is 15.9 Å². The van der Waals surface area contributed by atoms with Gasteiger partial charge >= 0.3 is 6.18 Å². The van der Waals surface area contributed by atoms with Crippen molar-refractivity contribution in [1.29, 1.82) is 0 Å². The van der Waals surface area contributed by atoms with Crippen LogP contribution in [0, 0.1) is 0 Å². The third-order valence-corrected chi connectivity index (χ3v) is 2.44. The Morgan fingerprint density at radius 1 is 1.37 bits per heavy atom. The van der Waals surface area contributed by atoms with Crippen molar-refractivity contribution < 1.29 is 23.1 Å². The first-order valence-electron chi connectivity index (χ1n) is 4.90. The summed E-state index contributed by atoms with van der Waals surface area (Å²) in [5, 5.41) is 14.8. The molecule has 19 heavy (non-hydrogen) atoms. The second-order valence-electron chi connectivity index (χ2n) is 3.44. The third-order valence-electron chi connectivity index (χ3n) is 1.98. The van der Waals surface area contributed by atoms with Crippen LogP contribution in [0.4, 0.5) is 13.2 Å². The molecular formula is C9H8Cl2F3N3O2. The summed E-state index contributed by atoms with van der Waals surface area (Å²) < 4.78 is 37.0. The Balaban J connectivity index is 3.02. The topological polar surface area (TPSA) is 66.3 Å². The predicted molar refractivity (Wildman–Crippen MR) is 61.1 cm³/mol. The van der Waals surface area contributed by atoms with Crippen molar-refractivity contribution in [3.05, 3.63) is 21.9 Å². The Morgan fingerprint density at radius 2 is 2.00 bits per heavy atom. The first kappa shape index (κ1) is 15.9. The van der Waals surface area contributed by atoms with Gasteiger partial charge in [0.1, 0.15) is 6.54 Å². The molecule has 1 aromatic heterocycles. The van der Waals surface area contributed by atoms with Gasteiger partial charge in [0, 0.05) is 6.54 Å². The molecular weight excluding hydrogens is 310 g/mol. The zero-order valence-electron chi connectivity index (χ0n) is 9.29. The molecule has 1 aromatic rings. The smallest absolute Gasteiger partial charge is 0.395 e. The number of nitrogens with zero attached hydrogens (tertiary/aromatic N) is 3. The standard InChI is InChI=1S/C9H8Cl2F3N3O2/c10-6-3-5(7(11)16-15-6)8(19)17(1-2-18)4-9(12,13)14/h3,18H,1-2,4H2. The average molecular weight is 318 g/mol. The molecule has 0 aliphatic heterocycles. The number of aliphatic hydroxyl groups is 1. The van der Waals surface area contributed by atoms with Crippen LogP contribution in [-0.4, -0.2) is 52.0 Å². The monoisotopic (exact) mass is 317 g/mol. The van der Waals surface area contributed by atoms with Gasteiger partial charge in [-0.05, 0) is 6.07 Å². The van der Waals surface area contributed by atoms with E-state index < -0.39 is 31.8 Å². The molecule has 0 bridgehead atoms. The van der Waals surface area contributed by atoms with Crippen LogP contribution < -0.4 is 0 Å². The molecule has 0 radical (unpaired) electrons. The number of aromatic nitrogens is 2. The number of hydrogen-bond donors (Lipinski definition) is 1. The second kappa shape index (κ2) is 6.36. The summed E-state index contributed by atoms with van der Waals surface area (Å²) in [7, 11) is 0. The first-order valence-corrected chi connectivity index (χ1v) is 5.66. The van der Waals surface area contributed by atoms with Gasteiger partial charge in [-0.25, -0.2) is 0 Å². The van der Waals surface area contributed by atoms with E-state index in [0.717, 1.165) is 6.07 Å². The number of rotatable bonds is 4. The highest BCUT2D eigenvalue weighted by molar-refractivity contribution is 6.34. The maximum absolute atomic E-state index is 12.3. The van der Waals surface area contributed by atoms with E-state index in [4.69, 9.17) is 28.3 Å². The third kappa shape index (κ3) is 4.81. The Bertz CT molecular complexity index is 471. The van der Waals surface area contributed by atoms with Crippen molar-refractivity contribution in [3.8, 4) is 0 Å². The summed E-state index contributed by atoms with van der Waals surface area (Å²) in [5.41, 5.74) is -0.306. The Hall–Kier alpha value is -1.12. The Labute approximate surface area is 115 Å². The van der Waals surface area contributed by atoms with Crippen molar-refractivity contribution in [3.63, 3.8) is 0 Å². The SMILES string of the molecule is O=C(c1cc(Cl)nnc1Cl)N(CCO)CC(F)(F)F. The summed E-state index contributed by atoms with van der Waals surface area (Å²) >= 11 is 11.1. The fourth-order valence-electron chi connectivity index (χ4n) is 1.26. The molecule has 0 aliphatic rings. The van der Waals surface area contributed by atoms with Crippen LogP contribution in [0.15, 0.2) is 6.07 Å². The number of hydrogen-bond acceptors (Lipinski definition) is 4. The molecule has 1 heterocycles. The van der Waals surface area contributed by atoms with Crippen LogP contribution in [0.3, 0.4) is 0 Å². The van der Waals surface area contributed by atoms with E-state index in [2.05, 4.69) is 10.2 Å². The highest BCUT2D eigenvalue weighted by Crippen LogP contribution is 2.21. The van der Waals surface area contributed by atoms with Gasteiger partial charge in [0.25, 0.3) is 5.91 Å². The molecule has 5 nitrogen and oxygen atoms in total. The second-order valence-corrected chi connectivity index (χ2v) is 4.18. The van der Waals surface area contributed by atoms with Gasteiger partial charge in [-0.2, -0.15) is 13.2 Å². The molecule has 0 spiro atoms. The van der Waals surface area contributed by atoms with Crippen LogP contribution in [0.5, 0.6) is 0 Å². The minimum atomic E-state index is -4.60. The molecule has 0 unspecified atom stereocenters. The van der Waals surface area contributed by atoms with Crippen LogP contribution in [0.25, 0.3) is 0 Å². The lowest BCUT2D eigenvalue weighted by Gasteiger charge is -2.23. The van der Waals surface area contributed by atoms with Gasteiger partial charge < -0.3 is 10.0 Å². The molecule has 10 heteroatoms. The normalized spacial score (nSPS) is 11.5. The lowest BCUT2D eigenvalue weighted by Crippen LogP contribution is -2.40. The minimum Gasteiger partial charge on any atom is -0.395 e. The van der Waals surface area contributed by atoms with Gasteiger partial charge in [-0.3, -0.25) is 4.79 Å². The lowest BCUT2D eigenvalue weighted by molar-refractivity contribution is -0.141. The molecule has 0 saturated carbocycles. The maximum atomic E-state index is 12.3. The van der Waals surface area contributed by atoms with Gasteiger partial charge in [0.15, 0.2) is 10.3 Å². The molecule has 1 amide bonds. The van der Waals surface area contributed by atoms with Crippen molar-refractivity contribution in [2.75, 3.05) is 19.7 Å². The molecule has 106 valence electrons. The molecule has 0 aliphatic carbocycles. The largest absolute Gasteiger partial charge is 0.406 e. The summed E-state index contributed by atoms with van der Waals surface area (Å²) in [4.78, 5) is 12.3. The summed E-state index contributed by atoms with van der Waals surface area (Å²) in [6, 6.07) is 1.01. The highest BCUT2D eigenvalue weighted by atomic mass is 35.5. The zero-order chi connectivity index (χ0) is 14.6. The van der Waals surface area contributed by atoms with E-state index in [1.807, 2.05) is 0 Å². The van der Waals surface area contributed by atoms with Crippen LogP contribution >= 0.6 is 23.2 Å². The number of alkyl halides is 3. The van der Waals surface area contributed by atoms with Crippen molar-refractivity contribution in [1.82, 2.24) is 15.1 Å². The molecule has 1 N–H and O–H groups in total. The van der Waals surface area contributed by atoms with Crippen LogP contribution in [0.2, 0.25) is 10.3 Å². The van der Waals surface area contributed by atoms with E-state index in [1.165, 1.54) is 0 Å². The molecule has 0 atom stereocenters. The lowest BCUT2D eigenvalue weighted by atomic mass is 10.2. The van der Waals surface area contributed by atoms with Crippen molar-refractivity contribution >= 4 is 29.1 Å². The van der Waals surface area contributed by atoms with Crippen molar-refractivity contribution in [2.45, 2.75) is 6.18 Å². The van der Waals surface area contributed by atoms with Crippen LogP contribution in [-0.2, 0) is 0 Å². The number of aliphatic hydroxyl groups excluding tert-OH is 1. The Morgan fingerprint density at radius 3 is 2.53 bits per heavy atom. The number of carbonyl (C=O) groups is 1. The molecule has 0 saturated heterocycles. The van der Waals surface area contributed by atoms with E-state index in [1.54, 1.807) is 0 Å². The summed E-state index contributed by atoms with van der Waals surface area (Å²) in [5.74, 6) is -1.03. The van der Waals surface area contributed by atoms with Gasteiger partial charge in [-0.1, -0.05) is 23.2 Å². The minimum absolute atomic E-state index is 0.177. The number of halogens is 5. The number of amides is 1. The average Bonchev–Trinajstić information content (AvgIpc) is 2.29. The van der Waals surface area contributed by atoms with Gasteiger partial charge in [0.05, 0.1) is 12.2 Å². The van der Waals surface area contributed by atoms with Gasteiger partial charge in [-0.15, -0.1) is 10.2 Å². The number of carbonyl (C=O) groups excluding carboxylic acids is 1. The molecule has 1 rings (SSSR count). The van der Waals surface area contributed by atoms with E-state index in [9.17, 15) is 18.0 Å². The Kier molecular flexibility index (Phi) is 5.33. The summed E-state index contributed by atoms with van der Waals surface area (Å²) in [6.45, 7) is -2.62. The highest BCUT2D eigenvalue weighted by Gasteiger charge is 2.33. The first-order chi connectivity index (χ1) is 8.74. The predicted octanol–water partition coefficient (Wildman–Crippen LogP) is 1.78. The zero-order valence-corrected chi connectivity index (χ0v) is 10.8. The van der Waals surface area contributed by atoms with E-state index in [0.29, 0.717) is 4.90 Å². The summed E-state index contributed by atoms with van der Waals surface area (Å²) in [6.07, 6.45) is -4.60. The van der Waals surface area contributed by atoms with Crippen LogP contribution in [0.1, 0.15) is 10.4 Å². The van der Waals surface area contributed by atoms with Crippen molar-refractivity contribution in [2.24, 2.45) is 0 Å². The fraction of sp³-hybridized carbons (Fsp3) is 0.444.